The number of benzene rings is 1. The number of carbonyl (C=O) groups excluding carboxylic acids is 1. The third kappa shape index (κ3) is 4.03. The molecule has 2 N–H and O–H groups in total. The number of aromatic nitrogens is 5. The predicted molar refractivity (Wildman–Crippen MR) is 139 cm³/mol. The summed E-state index contributed by atoms with van der Waals surface area (Å²) in [4.78, 5) is 27.5. The van der Waals surface area contributed by atoms with Crippen molar-refractivity contribution in [2.24, 2.45) is 7.05 Å². The molecule has 0 unspecified atom stereocenters. The van der Waals surface area contributed by atoms with Gasteiger partial charge in [0.25, 0.3) is 5.91 Å². The molecule has 0 spiro atoms. The number of hydrogen-bond acceptors (Lipinski definition) is 8. The Morgan fingerprint density at radius 2 is 1.92 bits per heavy atom. The van der Waals surface area contributed by atoms with Crippen LogP contribution in [0.5, 0.6) is 0 Å². The fourth-order valence-electron chi connectivity index (χ4n) is 5.22. The van der Waals surface area contributed by atoms with Gasteiger partial charge in [0.2, 0.25) is 0 Å². The standard InChI is InChI=1S/C25H31N9O2/c1-16-12-34-15-21(28-24(23(34)27-16)32-8-10-36-11-9-32)29-25(35)18-4-5-20(19-14-31(3)30-22(18)19)33-7-6-17(13-33)26-2/h4-5,12,14-15,17,26H,6-11,13H2,1-3H3,(H,29,35)/t17-/m1/s1. The van der Waals surface area contributed by atoms with Crippen LogP contribution in [0.4, 0.5) is 17.3 Å². The number of anilines is 3. The van der Waals surface area contributed by atoms with Crippen LogP contribution in [0.2, 0.25) is 0 Å². The number of rotatable bonds is 5. The summed E-state index contributed by atoms with van der Waals surface area (Å²) < 4.78 is 9.20. The molecule has 0 aliphatic carbocycles. The Morgan fingerprint density at radius 3 is 2.69 bits per heavy atom. The number of morpholine rings is 1. The Morgan fingerprint density at radius 1 is 1.08 bits per heavy atom. The van der Waals surface area contributed by atoms with Crippen LogP contribution >= 0.6 is 0 Å². The van der Waals surface area contributed by atoms with E-state index in [1.165, 1.54) is 0 Å². The second-order valence-electron chi connectivity index (χ2n) is 9.53. The molecule has 0 saturated carbocycles. The lowest BCUT2D eigenvalue weighted by Crippen LogP contribution is -2.37. The molecule has 0 bridgehead atoms. The largest absolute Gasteiger partial charge is 0.378 e. The molecule has 6 rings (SSSR count). The van der Waals surface area contributed by atoms with Gasteiger partial charge in [0.05, 0.1) is 30.7 Å². The monoisotopic (exact) mass is 489 g/mol. The van der Waals surface area contributed by atoms with Crippen LogP contribution in [-0.2, 0) is 11.8 Å². The third-order valence-electron chi connectivity index (χ3n) is 7.04. The van der Waals surface area contributed by atoms with E-state index < -0.39 is 0 Å². The molecule has 188 valence electrons. The molecule has 4 aromatic rings. The molecule has 1 amide bonds. The van der Waals surface area contributed by atoms with Crippen molar-refractivity contribution < 1.29 is 9.53 Å². The molecule has 1 aromatic carbocycles. The zero-order valence-corrected chi connectivity index (χ0v) is 20.9. The molecule has 11 heteroatoms. The number of nitrogens with zero attached hydrogens (tertiary/aromatic N) is 7. The van der Waals surface area contributed by atoms with Gasteiger partial charge in [-0.2, -0.15) is 5.10 Å². The van der Waals surface area contributed by atoms with Gasteiger partial charge in [0.15, 0.2) is 17.3 Å². The Hall–Kier alpha value is -3.70. The summed E-state index contributed by atoms with van der Waals surface area (Å²) in [6.07, 6.45) is 6.83. The minimum absolute atomic E-state index is 0.239. The first-order chi connectivity index (χ1) is 17.5. The molecule has 3 aromatic heterocycles. The summed E-state index contributed by atoms with van der Waals surface area (Å²) in [5.74, 6) is 0.975. The second kappa shape index (κ2) is 9.07. The lowest BCUT2D eigenvalue weighted by Gasteiger charge is -2.28. The zero-order chi connectivity index (χ0) is 24.8. The number of amides is 1. The first-order valence-electron chi connectivity index (χ1n) is 12.4. The van der Waals surface area contributed by atoms with Crippen LogP contribution < -0.4 is 20.4 Å². The summed E-state index contributed by atoms with van der Waals surface area (Å²) in [5, 5.41) is 12.0. The van der Waals surface area contributed by atoms with Gasteiger partial charge < -0.3 is 29.6 Å². The third-order valence-corrected chi connectivity index (χ3v) is 7.04. The molecule has 0 radical (unpaired) electrons. The number of ether oxygens (including phenoxy) is 1. The van der Waals surface area contributed by atoms with Crippen molar-refractivity contribution in [1.82, 2.24) is 29.5 Å². The van der Waals surface area contributed by atoms with Crippen LogP contribution in [0.15, 0.2) is 30.7 Å². The predicted octanol–water partition coefficient (Wildman–Crippen LogP) is 1.81. The average molecular weight is 490 g/mol. The van der Waals surface area contributed by atoms with Crippen LogP contribution in [0.3, 0.4) is 0 Å². The van der Waals surface area contributed by atoms with E-state index >= 15 is 0 Å². The lowest BCUT2D eigenvalue weighted by molar-refractivity contribution is 0.102. The minimum Gasteiger partial charge on any atom is -0.378 e. The van der Waals surface area contributed by atoms with Gasteiger partial charge in [-0.15, -0.1) is 0 Å². The van der Waals surface area contributed by atoms with E-state index in [2.05, 4.69) is 30.5 Å². The molecule has 2 fully saturated rings. The van der Waals surface area contributed by atoms with Gasteiger partial charge in [0.1, 0.15) is 5.52 Å². The Balaban J connectivity index is 1.34. The summed E-state index contributed by atoms with van der Waals surface area (Å²) in [6, 6.07) is 4.37. The number of fused-ring (bicyclic) bond motifs is 2. The molecule has 36 heavy (non-hydrogen) atoms. The van der Waals surface area contributed by atoms with Crippen molar-refractivity contribution in [2.45, 2.75) is 19.4 Å². The molecule has 2 saturated heterocycles. The van der Waals surface area contributed by atoms with Crippen molar-refractivity contribution in [3.8, 4) is 0 Å². The second-order valence-corrected chi connectivity index (χ2v) is 9.53. The number of hydrogen-bond donors (Lipinski definition) is 2. The molecule has 5 heterocycles. The average Bonchev–Trinajstić information content (AvgIpc) is 3.60. The van der Waals surface area contributed by atoms with Crippen molar-refractivity contribution in [3.05, 3.63) is 42.0 Å². The Kier molecular flexibility index (Phi) is 5.73. The molecule has 11 nitrogen and oxygen atoms in total. The molecule has 2 aliphatic heterocycles. The van der Waals surface area contributed by atoms with Crippen LogP contribution in [0.1, 0.15) is 22.5 Å². The van der Waals surface area contributed by atoms with E-state index in [0.29, 0.717) is 36.2 Å². The number of imidazole rings is 1. The molecular weight excluding hydrogens is 458 g/mol. The van der Waals surface area contributed by atoms with Gasteiger partial charge in [-0.25, -0.2) is 9.97 Å². The van der Waals surface area contributed by atoms with Gasteiger partial charge >= 0.3 is 0 Å². The maximum absolute atomic E-state index is 13.5. The van der Waals surface area contributed by atoms with Crippen molar-refractivity contribution >= 4 is 39.8 Å². The number of likely N-dealkylation sites (N-methyl/N-ethyl adjacent to an activating group) is 1. The summed E-state index contributed by atoms with van der Waals surface area (Å²) in [6.45, 7) is 6.59. The van der Waals surface area contributed by atoms with E-state index in [4.69, 9.17) is 9.72 Å². The molecule has 1 atom stereocenters. The summed E-state index contributed by atoms with van der Waals surface area (Å²) in [5.41, 5.74) is 3.98. The van der Waals surface area contributed by atoms with E-state index in [-0.39, 0.29) is 5.91 Å². The van der Waals surface area contributed by atoms with Gasteiger partial charge in [-0.1, -0.05) is 0 Å². The number of nitrogens with one attached hydrogen (secondary N) is 2. The fourth-order valence-corrected chi connectivity index (χ4v) is 5.22. The van der Waals surface area contributed by atoms with E-state index in [1.54, 1.807) is 4.68 Å². The smallest absolute Gasteiger partial charge is 0.259 e. The Bertz CT molecular complexity index is 1440. The van der Waals surface area contributed by atoms with Gasteiger partial charge in [0, 0.05) is 62.7 Å². The van der Waals surface area contributed by atoms with E-state index in [1.807, 2.05) is 56.1 Å². The van der Waals surface area contributed by atoms with Crippen molar-refractivity contribution in [1.29, 1.82) is 0 Å². The minimum atomic E-state index is -0.239. The Labute approximate surface area is 209 Å². The van der Waals surface area contributed by atoms with Gasteiger partial charge in [-0.05, 0) is 32.5 Å². The maximum atomic E-state index is 13.5. The molecular formula is C25H31N9O2. The highest BCUT2D eigenvalue weighted by Gasteiger charge is 2.25. The van der Waals surface area contributed by atoms with E-state index in [9.17, 15) is 4.79 Å². The van der Waals surface area contributed by atoms with Crippen molar-refractivity contribution in [3.63, 3.8) is 0 Å². The highest BCUT2D eigenvalue weighted by molar-refractivity contribution is 6.13. The first kappa shape index (κ1) is 22.7. The highest BCUT2D eigenvalue weighted by atomic mass is 16.5. The topological polar surface area (TPSA) is 105 Å². The molecule has 2 aliphatic rings. The SMILES string of the molecule is CN[C@@H]1CCN(c2ccc(C(=O)Nc3cn4cc(C)nc4c(N4CCOCC4)n3)c3nn(C)cc23)C1. The highest BCUT2D eigenvalue weighted by Crippen LogP contribution is 2.32. The summed E-state index contributed by atoms with van der Waals surface area (Å²) in [7, 11) is 3.89. The number of carbonyl (C=O) groups is 1. The maximum Gasteiger partial charge on any atom is 0.259 e. The number of aryl methyl sites for hydroxylation is 2. The van der Waals surface area contributed by atoms with Gasteiger partial charge in [-0.3, -0.25) is 9.48 Å². The van der Waals surface area contributed by atoms with Crippen molar-refractivity contribution in [2.75, 3.05) is 61.6 Å². The van der Waals surface area contributed by atoms with Crippen LogP contribution in [0.25, 0.3) is 16.6 Å². The van der Waals surface area contributed by atoms with Crippen LogP contribution in [-0.4, -0.2) is 82.5 Å². The first-order valence-corrected chi connectivity index (χ1v) is 12.4. The normalized spacial score (nSPS) is 18.5. The fraction of sp³-hybridized carbons (Fsp3) is 0.440. The van der Waals surface area contributed by atoms with Crippen LogP contribution in [0, 0.1) is 6.92 Å². The summed E-state index contributed by atoms with van der Waals surface area (Å²) >= 11 is 0. The zero-order valence-electron chi connectivity index (χ0n) is 20.9. The van der Waals surface area contributed by atoms with E-state index in [0.717, 1.165) is 60.8 Å². The quantitative estimate of drug-likeness (QED) is 0.437. The lowest BCUT2D eigenvalue weighted by atomic mass is 10.1.